The number of carboxylic acids is 1. The van der Waals surface area contributed by atoms with E-state index in [1.807, 2.05) is 466 Å². The molecule has 0 unspecified atom stereocenters. The lowest BCUT2D eigenvalue weighted by molar-refractivity contribution is -0.137. The molecule has 1 amide bonds. The van der Waals surface area contributed by atoms with E-state index in [0.717, 1.165) is 59.0 Å². The summed E-state index contributed by atoms with van der Waals surface area (Å²) in [6, 6.07) is 20.8. The van der Waals surface area contributed by atoms with Crippen LogP contribution in [-0.4, -0.2) is 40.2 Å². The lowest BCUT2D eigenvalue weighted by atomic mass is 10.2. The highest BCUT2D eigenvalue weighted by Crippen LogP contribution is 2.19. The number of halogens is 4. The molecule has 0 aliphatic heterocycles. The van der Waals surface area contributed by atoms with Gasteiger partial charge in [-0.05, 0) is 87.1 Å². The van der Waals surface area contributed by atoms with Crippen molar-refractivity contribution < 1.29 is 33.0 Å². The minimum atomic E-state index is -0.729. The molecule has 0 saturated carbocycles. The Kier molecular flexibility index (Phi) is 133. The number of hydrogen-bond donors (Lipinski definition) is 3. The maximum absolute atomic E-state index is 12.9. The first-order valence-corrected chi connectivity index (χ1v) is 132. The number of unbranched alkanes of at least 4 members (excludes halogenated alkanes) is 4. The molecule has 2 aromatic heterocycles. The van der Waals surface area contributed by atoms with Gasteiger partial charge in [-0.15, -0.1) is 0 Å². The van der Waals surface area contributed by atoms with Crippen LogP contribution >= 0.6 is 31.9 Å². The van der Waals surface area contributed by atoms with E-state index in [2.05, 4.69) is 47.1 Å². The van der Waals surface area contributed by atoms with E-state index in [-0.39, 0.29) is 12.3 Å². The van der Waals surface area contributed by atoms with Crippen molar-refractivity contribution in [3.63, 3.8) is 0 Å². The van der Waals surface area contributed by atoms with E-state index in [4.69, 9.17) is 65.1 Å². The highest BCUT2D eigenvalue weighted by Gasteiger charge is 2.04. The Morgan fingerprint density at radius 1 is 0.310 bits per heavy atom. The van der Waals surface area contributed by atoms with E-state index in [9.17, 15) is 18.4 Å². The molecule has 0 radical (unpaired) electrons. The number of ether oxygens (including phenoxy) is 2. The molecule has 0 bridgehead atoms. The van der Waals surface area contributed by atoms with Crippen molar-refractivity contribution in [3.05, 3.63) is 106 Å². The maximum atomic E-state index is 12.9. The standard InChI is InChI=1S/C17H18BrFN2O2.C12H15BrO3.C5H5FN2.S41.S38/c18-13-5-4-6-15(11-13)23-10-3-1-2-7-17(22)21-14-8-9-20-16(19)12-14;13-10-5-4-6-11(9-10)16-8-3-1-2-7-12(14)15;6-5-3-4(7)1-2-8-5;1-3-5-7-9-11-13-15-17-19-21-23-25-27-29-31-33-35-37-39-41-40-38-36-34-32-30-28-26-24-22-20-18-16-14-12-10-8-6-4-2;1-3-5-7-9-11-13-15-17-19-21-23-25-27-29-31-33-35-37-38-36-34-32-30-28-26-24-22-20-18-16-14-12-10-8-6-4-2/h4-6,8-9,11-12H,1-3,7,10H2,(H,20,21,22);4-6,9H,1-3,7-8H2,(H,14,15);1-3H,(H2,7,8);;. The van der Waals surface area contributed by atoms with Gasteiger partial charge in [0.2, 0.25) is 17.8 Å². The highest BCUT2D eigenvalue weighted by molar-refractivity contribution is 9.11. The number of rotatable bonds is 15. The lowest BCUT2D eigenvalue weighted by Crippen LogP contribution is -2.11. The van der Waals surface area contributed by atoms with Crippen molar-refractivity contribution >= 4 is 766 Å². The SMILES string of the molecule is Nc1ccnc(F)c1.O=C(CCCCCOc1cccc(Br)c1)Nc1ccnc(F)c1.O=C(O)CCCCCOc1cccc(Br)c1.S=S=S=S=S=S=S=S=S=S=S=S=S=S=S=S=S=S=S=S=S=S=S=S=S=S=S=S=S=S=S=S=S=S=S=S=S=S.S=S=S=S=S=S=S=S=S=S=S=S=S=S=S=S=S=S=S=S=S=S=S=S=S=S=S=S=S=S=S=S=S=S=S=S=S=S=S=S=S. The molecule has 0 spiro atoms. The van der Waals surface area contributed by atoms with Crippen molar-refractivity contribution in [1.82, 2.24) is 9.97 Å². The molecule has 4 aromatic rings. The van der Waals surface area contributed by atoms with Gasteiger partial charge in [0, 0.05) is 768 Å². The fourth-order valence-corrected chi connectivity index (χ4v) is 200. The second-order valence-corrected chi connectivity index (χ2v) is 150. The second kappa shape index (κ2) is 120. The molecular weight excluding hydrogens is 3280 g/mol. The first kappa shape index (κ1) is 139. The number of pyridine rings is 2. The fraction of sp³-hybridized carbons (Fsp3) is 0.294. The third-order valence-electron chi connectivity index (χ3n) is 8.00. The van der Waals surface area contributed by atoms with Gasteiger partial charge in [-0.1, -0.05) is 44.0 Å². The molecule has 2 heterocycles. The fourth-order valence-electron chi connectivity index (χ4n) is 4.54. The Balaban J connectivity index is 0.00000167. The summed E-state index contributed by atoms with van der Waals surface area (Å²) in [5.41, 5.74) is 6.01. The summed E-state index contributed by atoms with van der Waals surface area (Å²) in [5, 5.41) is 11.1. The quantitative estimate of drug-likeness (QED) is 0.0777. The summed E-state index contributed by atoms with van der Waals surface area (Å²) < 4.78 is 38.0. The van der Waals surface area contributed by atoms with Gasteiger partial charge < -0.3 is 25.6 Å². The molecule has 726 valence electrons. The number of amides is 1. The van der Waals surface area contributed by atoms with E-state index in [1.54, 1.807) is 219 Å². The Bertz CT molecular complexity index is 7860. The highest BCUT2D eigenvalue weighted by atomic mass is 79.9. The zero-order chi connectivity index (χ0) is 91.3. The first-order valence-electron chi connectivity index (χ1n) is 27.7. The van der Waals surface area contributed by atoms with Gasteiger partial charge in [-0.2, -0.15) is 8.78 Å². The molecule has 0 saturated heterocycles. The van der Waals surface area contributed by atoms with E-state index >= 15 is 0 Å². The summed E-state index contributed by atoms with van der Waals surface area (Å²) >= 11 is 26.0. The third-order valence-corrected chi connectivity index (χ3v) is 171. The Hall–Kier alpha value is 13.3. The molecule has 4 rings (SSSR count). The van der Waals surface area contributed by atoms with Gasteiger partial charge in [0.25, 0.3) is 0 Å². The number of carbonyl (C=O) groups is 2. The first-order chi connectivity index (χ1) is 61.9. The zero-order valence-corrected chi connectivity index (χ0v) is 126. The summed E-state index contributed by atoms with van der Waals surface area (Å²) in [4.78, 5) is 28.7. The Morgan fingerprint density at radius 3 is 0.730 bits per heavy atom. The van der Waals surface area contributed by atoms with Crippen molar-refractivity contribution in [2.75, 3.05) is 24.3 Å². The van der Waals surface area contributed by atoms with Crippen LogP contribution in [0.5, 0.6) is 11.5 Å². The van der Waals surface area contributed by atoms with Gasteiger partial charge in [0.05, 0.1) is 13.2 Å². The van der Waals surface area contributed by atoms with E-state index < -0.39 is 17.9 Å². The molecule has 126 heavy (non-hydrogen) atoms. The smallest absolute Gasteiger partial charge is 0.303 e. The Morgan fingerprint density at radius 2 is 0.532 bits per heavy atom. The van der Waals surface area contributed by atoms with Crippen LogP contribution < -0.4 is 20.5 Å². The number of aliphatic carboxylic acids is 1. The van der Waals surface area contributed by atoms with Gasteiger partial charge in [0.1, 0.15) is 11.5 Å². The zero-order valence-electron chi connectivity index (χ0n) is 58.0. The largest absolute Gasteiger partial charge is 0.494 e. The van der Waals surface area contributed by atoms with Crippen molar-refractivity contribution in [1.29, 1.82) is 0 Å². The van der Waals surface area contributed by atoms with Gasteiger partial charge in [-0.3, -0.25) is 9.59 Å². The number of benzene rings is 2. The number of hydrogen-bond acceptors (Lipinski definition) is 11. The average Bonchev–Trinajstić information content (AvgIpc) is 0.924. The third kappa shape index (κ3) is 116. The maximum Gasteiger partial charge on any atom is 0.303 e. The van der Waals surface area contributed by atoms with Gasteiger partial charge in [0.15, 0.2) is 0 Å². The summed E-state index contributed by atoms with van der Waals surface area (Å²) in [6.45, 7) is 1.25. The van der Waals surface area contributed by atoms with Crippen LogP contribution in [0, 0.1) is 11.9 Å². The van der Waals surface area contributed by atoms with Gasteiger partial charge in [-0.25, -0.2) is 9.97 Å². The van der Waals surface area contributed by atoms with Crippen LogP contribution in [0.1, 0.15) is 51.4 Å². The summed E-state index contributed by atoms with van der Waals surface area (Å²) in [5.74, 6) is -0.321. The van der Waals surface area contributed by atoms with Crippen molar-refractivity contribution in [3.8, 4) is 11.5 Å². The normalized spacial score (nSPS) is 8.57. The second-order valence-electron chi connectivity index (χ2n) is 15.1. The van der Waals surface area contributed by atoms with Crippen LogP contribution in [-0.2, 0) is 720 Å². The number of aromatic nitrogens is 2. The van der Waals surface area contributed by atoms with Crippen LogP contribution in [0.25, 0.3) is 0 Å². The number of nitrogens with two attached hydrogens (primary N) is 1. The predicted molar refractivity (Wildman–Crippen MR) is 767 cm³/mol. The molecule has 2 aromatic carbocycles. The lowest BCUT2D eigenvalue weighted by Gasteiger charge is -2.07. The summed E-state index contributed by atoms with van der Waals surface area (Å²) in [7, 11) is 133. The summed E-state index contributed by atoms with van der Waals surface area (Å²) in [6.07, 6.45) is 8.33. The van der Waals surface area contributed by atoms with E-state index in [0.29, 0.717) is 31.0 Å². The average molecular weight is 3310 g/mol. The molecular formula is C34H38Br2F2N4O5S79. The van der Waals surface area contributed by atoms with Crippen LogP contribution in [0.3, 0.4) is 0 Å². The molecule has 0 atom stereocenters. The minimum Gasteiger partial charge on any atom is -0.494 e. The molecule has 9 nitrogen and oxygen atoms in total. The molecule has 0 aliphatic carbocycles. The van der Waals surface area contributed by atoms with Gasteiger partial charge >= 0.3 is 5.97 Å². The van der Waals surface area contributed by atoms with Crippen LogP contribution in [0.15, 0.2) is 94.1 Å². The van der Waals surface area contributed by atoms with Crippen LogP contribution in [0.4, 0.5) is 20.2 Å². The monoisotopic (exact) mass is 3300 g/mol. The minimum absolute atomic E-state index is 0.122. The molecule has 0 aliphatic rings. The Labute approximate surface area is 977 Å². The molecule has 0 fully saturated rings. The van der Waals surface area contributed by atoms with Crippen LogP contribution in [0.2, 0.25) is 0 Å². The number of nitrogens with one attached hydrogen (secondary N) is 1. The number of carbonyl (C=O) groups excluding carboxylic acids is 1. The molecule has 92 heteroatoms. The number of anilines is 2. The number of nitrogens with zero attached hydrogens (tertiary/aromatic N) is 2. The van der Waals surface area contributed by atoms with Crippen molar-refractivity contribution in [2.24, 2.45) is 0 Å². The topological polar surface area (TPSA) is 137 Å². The number of carboxylic acid groups (broad SMARTS) is 1. The van der Waals surface area contributed by atoms with Crippen molar-refractivity contribution in [2.45, 2.75) is 51.4 Å². The molecule has 4 N–H and O–H groups in total. The predicted octanol–water partition coefficient (Wildman–Crippen LogP) is 8.65. The van der Waals surface area contributed by atoms with E-state index in [1.165, 1.54) is 66.1 Å². The number of nitrogen functional groups attached to an aromatic ring is 1.